The van der Waals surface area contributed by atoms with E-state index in [1.54, 1.807) is 13.2 Å². The van der Waals surface area contributed by atoms with Crippen LogP contribution in [0.4, 0.5) is 8.78 Å². The van der Waals surface area contributed by atoms with Crippen LogP contribution in [-0.2, 0) is 0 Å². The van der Waals surface area contributed by atoms with Gasteiger partial charge in [0.1, 0.15) is 5.65 Å². The van der Waals surface area contributed by atoms with Crippen molar-refractivity contribution in [2.75, 3.05) is 6.26 Å². The molecule has 3 rings (SSSR count). The Morgan fingerprint density at radius 2 is 2.26 bits per heavy atom. The highest BCUT2D eigenvalue weighted by molar-refractivity contribution is 7.98. The van der Waals surface area contributed by atoms with Gasteiger partial charge in [0.25, 0.3) is 12.0 Å². The Labute approximate surface area is 135 Å². The van der Waals surface area contributed by atoms with Crippen molar-refractivity contribution in [3.63, 3.8) is 0 Å². The zero-order valence-corrected chi connectivity index (χ0v) is 13.6. The summed E-state index contributed by atoms with van der Waals surface area (Å²) in [4.78, 5) is 21.0. The summed E-state index contributed by atoms with van der Waals surface area (Å²) in [5.74, 6) is 0. The lowest BCUT2D eigenvalue weighted by Gasteiger charge is -2.28. The Balaban J connectivity index is 2.35. The van der Waals surface area contributed by atoms with Gasteiger partial charge in [-0.1, -0.05) is 11.8 Å². The number of alkyl halides is 2. The van der Waals surface area contributed by atoms with Gasteiger partial charge in [-0.15, -0.1) is 0 Å². The van der Waals surface area contributed by atoms with E-state index in [1.807, 2.05) is 0 Å². The second-order valence-corrected chi connectivity index (χ2v) is 6.75. The molecule has 8 heteroatoms. The molecule has 5 nitrogen and oxygen atoms in total. The fourth-order valence-corrected chi connectivity index (χ4v) is 3.54. The molecule has 0 unspecified atom stereocenters. The summed E-state index contributed by atoms with van der Waals surface area (Å²) in [6, 6.07) is 0.577. The first-order valence-corrected chi connectivity index (χ1v) is 8.54. The van der Waals surface area contributed by atoms with E-state index in [2.05, 4.69) is 9.97 Å². The van der Waals surface area contributed by atoms with E-state index >= 15 is 0 Å². The van der Waals surface area contributed by atoms with Crippen LogP contribution < -0.4 is 5.56 Å². The maximum absolute atomic E-state index is 13.2. The Kier molecular flexibility index (Phi) is 4.14. The normalized spacial score (nSPS) is 24.7. The van der Waals surface area contributed by atoms with Crippen molar-refractivity contribution < 1.29 is 13.9 Å². The Hall–Kier alpha value is -1.54. The van der Waals surface area contributed by atoms with Crippen molar-refractivity contribution in [3.05, 3.63) is 28.2 Å². The lowest BCUT2D eigenvalue weighted by atomic mass is 9.99. The topological polar surface area (TPSA) is 68.0 Å². The van der Waals surface area contributed by atoms with Gasteiger partial charge in [0, 0.05) is 11.6 Å². The smallest absolute Gasteiger partial charge is 0.269 e. The van der Waals surface area contributed by atoms with Gasteiger partial charge in [-0.3, -0.25) is 9.36 Å². The molecule has 0 saturated heterocycles. The molecule has 0 radical (unpaired) electrons. The monoisotopic (exact) mass is 341 g/mol. The predicted molar refractivity (Wildman–Crippen MR) is 84.0 cm³/mol. The first-order chi connectivity index (χ1) is 10.8. The van der Waals surface area contributed by atoms with E-state index in [-0.39, 0.29) is 0 Å². The van der Waals surface area contributed by atoms with Crippen LogP contribution in [0.1, 0.15) is 44.2 Å². The summed E-state index contributed by atoms with van der Waals surface area (Å²) in [6.45, 7) is 1.63. The lowest BCUT2D eigenvalue weighted by molar-refractivity contribution is 0.0261. The highest BCUT2D eigenvalue weighted by atomic mass is 32.2. The fraction of sp³-hybridized carbons (Fsp3) is 0.533. The predicted octanol–water partition coefficient (Wildman–Crippen LogP) is 2.93. The molecule has 0 aromatic carbocycles. The maximum atomic E-state index is 13.2. The number of nitrogens with zero attached hydrogens (tertiary/aromatic N) is 3. The Bertz CT molecular complexity index is 807. The molecule has 1 saturated carbocycles. The molecule has 0 aliphatic heterocycles. The highest BCUT2D eigenvalue weighted by Crippen LogP contribution is 2.39. The van der Waals surface area contributed by atoms with Crippen molar-refractivity contribution in [2.45, 2.75) is 49.4 Å². The van der Waals surface area contributed by atoms with Crippen LogP contribution in [0.2, 0.25) is 0 Å². The lowest BCUT2D eigenvalue weighted by Crippen LogP contribution is -2.38. The molecular weight excluding hydrogens is 324 g/mol. The van der Waals surface area contributed by atoms with Gasteiger partial charge in [0.2, 0.25) is 0 Å². The van der Waals surface area contributed by atoms with E-state index in [1.165, 1.54) is 22.5 Å². The third-order valence-electron chi connectivity index (χ3n) is 4.39. The summed E-state index contributed by atoms with van der Waals surface area (Å²) in [5.41, 5.74) is -2.20. The zero-order chi connectivity index (χ0) is 16.8. The van der Waals surface area contributed by atoms with Crippen LogP contribution in [0.5, 0.6) is 0 Å². The third kappa shape index (κ3) is 2.74. The second-order valence-electron chi connectivity index (χ2n) is 5.98. The Morgan fingerprint density at radius 1 is 1.52 bits per heavy atom. The number of pyridine rings is 1. The number of rotatable bonds is 3. The summed E-state index contributed by atoms with van der Waals surface area (Å²) < 4.78 is 27.7. The van der Waals surface area contributed by atoms with Crippen LogP contribution >= 0.6 is 11.8 Å². The number of halogens is 2. The SMILES string of the molecule is CSc1ncc2cc(C(F)F)c(=O)n([C@@H]3CCC[C@@]3(C)O)c2n1. The van der Waals surface area contributed by atoms with Crippen molar-refractivity contribution in [3.8, 4) is 0 Å². The minimum Gasteiger partial charge on any atom is -0.388 e. The van der Waals surface area contributed by atoms with E-state index in [0.717, 1.165) is 12.5 Å². The van der Waals surface area contributed by atoms with Crippen LogP contribution in [0.15, 0.2) is 22.2 Å². The van der Waals surface area contributed by atoms with Crippen LogP contribution in [0.3, 0.4) is 0 Å². The van der Waals surface area contributed by atoms with E-state index in [0.29, 0.717) is 29.0 Å². The third-order valence-corrected chi connectivity index (χ3v) is 4.95. The minimum absolute atomic E-state index is 0.297. The molecule has 1 aliphatic carbocycles. The van der Waals surface area contributed by atoms with Gasteiger partial charge in [0.15, 0.2) is 5.16 Å². The molecule has 2 aromatic rings. The molecule has 1 N–H and O–H groups in total. The average molecular weight is 341 g/mol. The van der Waals surface area contributed by atoms with Crippen molar-refractivity contribution in [1.82, 2.24) is 14.5 Å². The maximum Gasteiger partial charge on any atom is 0.269 e. The van der Waals surface area contributed by atoms with Gasteiger partial charge in [0.05, 0.1) is 17.2 Å². The fourth-order valence-electron chi connectivity index (χ4n) is 3.21. The molecule has 0 bridgehead atoms. The molecule has 1 fully saturated rings. The molecule has 124 valence electrons. The summed E-state index contributed by atoms with van der Waals surface area (Å²) in [5, 5.41) is 11.4. The van der Waals surface area contributed by atoms with Crippen molar-refractivity contribution in [1.29, 1.82) is 0 Å². The number of hydrogen-bond donors (Lipinski definition) is 1. The first-order valence-electron chi connectivity index (χ1n) is 7.32. The van der Waals surface area contributed by atoms with Crippen LogP contribution in [0.25, 0.3) is 11.0 Å². The van der Waals surface area contributed by atoms with E-state index in [9.17, 15) is 18.7 Å². The quantitative estimate of drug-likeness (QED) is 0.687. The van der Waals surface area contributed by atoms with Crippen LogP contribution in [0, 0.1) is 0 Å². The van der Waals surface area contributed by atoms with Crippen molar-refractivity contribution in [2.24, 2.45) is 0 Å². The molecule has 2 atom stereocenters. The molecule has 1 aliphatic rings. The second kappa shape index (κ2) is 5.83. The van der Waals surface area contributed by atoms with E-state index in [4.69, 9.17) is 0 Å². The molecule has 0 amide bonds. The summed E-state index contributed by atoms with van der Waals surface area (Å²) >= 11 is 1.30. The largest absolute Gasteiger partial charge is 0.388 e. The summed E-state index contributed by atoms with van der Waals surface area (Å²) in [6.07, 6.45) is 2.15. The first kappa shape index (κ1) is 16.3. The van der Waals surface area contributed by atoms with Gasteiger partial charge in [-0.25, -0.2) is 18.7 Å². The molecule has 23 heavy (non-hydrogen) atoms. The molecule has 0 spiro atoms. The molecular formula is C15H17F2N3O2S. The Morgan fingerprint density at radius 3 is 2.83 bits per heavy atom. The van der Waals surface area contributed by atoms with Gasteiger partial charge in [-0.2, -0.15) is 0 Å². The minimum atomic E-state index is -2.88. The number of thioether (sulfide) groups is 1. The highest BCUT2D eigenvalue weighted by Gasteiger charge is 2.40. The van der Waals surface area contributed by atoms with Gasteiger partial charge < -0.3 is 5.11 Å². The number of hydrogen-bond acceptors (Lipinski definition) is 5. The summed E-state index contributed by atoms with van der Waals surface area (Å²) in [7, 11) is 0. The zero-order valence-electron chi connectivity index (χ0n) is 12.8. The van der Waals surface area contributed by atoms with Gasteiger partial charge >= 0.3 is 0 Å². The molecule has 2 heterocycles. The van der Waals surface area contributed by atoms with E-state index < -0.39 is 29.2 Å². The van der Waals surface area contributed by atoms with Gasteiger partial charge in [-0.05, 0) is 38.5 Å². The molecule has 2 aromatic heterocycles. The number of aromatic nitrogens is 3. The van der Waals surface area contributed by atoms with Crippen molar-refractivity contribution >= 4 is 22.8 Å². The number of fused-ring (bicyclic) bond motifs is 1. The van der Waals surface area contributed by atoms with Crippen LogP contribution in [-0.4, -0.2) is 31.5 Å². The number of aliphatic hydroxyl groups is 1. The average Bonchev–Trinajstić information content (AvgIpc) is 2.85. The standard InChI is InChI=1S/C15H17F2N3O2S/c1-15(22)5-3-4-10(15)20-12-8(7-18-14(19-12)23-2)6-9(11(16)17)13(20)21/h6-7,10-11,22H,3-5H2,1-2H3/t10-,15-/m1/s1.